The molecule has 31 heavy (non-hydrogen) atoms. The summed E-state index contributed by atoms with van der Waals surface area (Å²) in [6.45, 7) is 1.41. The third kappa shape index (κ3) is 4.93. The average molecular weight is 441 g/mol. The van der Waals surface area contributed by atoms with Gasteiger partial charge in [0.2, 0.25) is 5.43 Å². The van der Waals surface area contributed by atoms with Crippen LogP contribution in [0.25, 0.3) is 5.69 Å². The monoisotopic (exact) mass is 441 g/mol. The Bertz CT molecular complexity index is 1200. The Balaban J connectivity index is 1.99. The minimum absolute atomic E-state index is 0.0551. The van der Waals surface area contributed by atoms with E-state index < -0.39 is 40.5 Å². The summed E-state index contributed by atoms with van der Waals surface area (Å²) in [5, 5.41) is 5.99. The molecule has 5 nitrogen and oxygen atoms in total. The van der Waals surface area contributed by atoms with Crippen LogP contribution in [0.15, 0.2) is 59.4 Å². The van der Waals surface area contributed by atoms with Crippen LogP contribution in [-0.2, 0) is 12.4 Å². The Morgan fingerprint density at radius 2 is 1.48 bits per heavy atom. The summed E-state index contributed by atoms with van der Waals surface area (Å²) in [5.41, 5.74) is -3.64. The molecule has 0 fully saturated rings. The molecule has 0 aliphatic heterocycles. The maximum atomic E-state index is 13.0. The van der Waals surface area contributed by atoms with Gasteiger partial charge >= 0.3 is 12.4 Å². The molecule has 1 aromatic heterocycles. The first-order chi connectivity index (χ1) is 14.4. The number of carbonyl (C=O) groups is 1. The van der Waals surface area contributed by atoms with E-state index in [0.29, 0.717) is 6.07 Å². The predicted octanol–water partition coefficient (Wildman–Crippen LogP) is 4.83. The standard InChI is InChI=1S/C20H13F6N3O2/c1-11-8-16(30)17(18(31)27-14-6-2-4-12(9-14)19(21,22)23)28-29(11)15-7-3-5-13(10-15)20(24,25)26/h2-10H,1H3,(H,27,31). The lowest BCUT2D eigenvalue weighted by molar-refractivity contribution is -0.138. The fraction of sp³-hybridized carbons (Fsp3) is 0.150. The number of carbonyl (C=O) groups excluding carboxylic acids is 1. The van der Waals surface area contributed by atoms with E-state index in [2.05, 4.69) is 10.4 Å². The van der Waals surface area contributed by atoms with E-state index in [1.807, 2.05) is 0 Å². The van der Waals surface area contributed by atoms with E-state index >= 15 is 0 Å². The van der Waals surface area contributed by atoms with Crippen LogP contribution in [-0.4, -0.2) is 15.7 Å². The largest absolute Gasteiger partial charge is 0.416 e. The topological polar surface area (TPSA) is 64.0 Å². The van der Waals surface area contributed by atoms with Crippen molar-refractivity contribution in [2.24, 2.45) is 0 Å². The lowest BCUT2D eigenvalue weighted by atomic mass is 10.2. The molecule has 0 spiro atoms. The zero-order valence-electron chi connectivity index (χ0n) is 15.7. The number of hydrogen-bond donors (Lipinski definition) is 1. The van der Waals surface area contributed by atoms with E-state index in [-0.39, 0.29) is 17.1 Å². The molecule has 1 amide bonds. The lowest BCUT2D eigenvalue weighted by Crippen LogP contribution is -2.27. The highest BCUT2D eigenvalue weighted by molar-refractivity contribution is 6.02. The number of halogens is 6. The van der Waals surface area contributed by atoms with Crippen molar-refractivity contribution < 1.29 is 31.1 Å². The Morgan fingerprint density at radius 1 is 0.903 bits per heavy atom. The summed E-state index contributed by atoms with van der Waals surface area (Å²) < 4.78 is 78.4. The van der Waals surface area contributed by atoms with Crippen LogP contribution in [0.5, 0.6) is 0 Å². The molecule has 3 rings (SSSR count). The van der Waals surface area contributed by atoms with Gasteiger partial charge in [0.1, 0.15) is 0 Å². The van der Waals surface area contributed by atoms with Crippen molar-refractivity contribution in [3.8, 4) is 5.69 Å². The van der Waals surface area contributed by atoms with Gasteiger partial charge < -0.3 is 5.32 Å². The third-order valence-electron chi connectivity index (χ3n) is 4.19. The molecule has 1 heterocycles. The molecule has 0 atom stereocenters. The van der Waals surface area contributed by atoms with Gasteiger partial charge in [-0.1, -0.05) is 12.1 Å². The van der Waals surface area contributed by atoms with Crippen LogP contribution < -0.4 is 10.7 Å². The Kier molecular flexibility index (Phi) is 5.62. The van der Waals surface area contributed by atoms with E-state index in [4.69, 9.17) is 0 Å². The van der Waals surface area contributed by atoms with Crippen molar-refractivity contribution in [3.05, 3.63) is 87.3 Å². The first kappa shape index (κ1) is 22.1. The molecule has 1 N–H and O–H groups in total. The maximum absolute atomic E-state index is 13.0. The molecule has 0 unspecified atom stereocenters. The molecule has 0 saturated heterocycles. The van der Waals surface area contributed by atoms with Crippen LogP contribution in [0, 0.1) is 6.92 Å². The Labute approximate surface area is 170 Å². The van der Waals surface area contributed by atoms with Gasteiger partial charge in [0.15, 0.2) is 5.69 Å². The molecule has 2 aromatic carbocycles. The smallest absolute Gasteiger partial charge is 0.320 e. The van der Waals surface area contributed by atoms with Gasteiger partial charge in [-0.3, -0.25) is 9.59 Å². The van der Waals surface area contributed by atoms with Crippen LogP contribution in [0.2, 0.25) is 0 Å². The summed E-state index contributed by atoms with van der Waals surface area (Å²) in [5.74, 6) is -1.11. The molecule has 0 radical (unpaired) electrons. The highest BCUT2D eigenvalue weighted by Crippen LogP contribution is 2.31. The van der Waals surface area contributed by atoms with E-state index in [9.17, 15) is 35.9 Å². The second-order valence-corrected chi connectivity index (χ2v) is 6.49. The molecular formula is C20H13F6N3O2. The number of benzene rings is 2. The first-order valence-electron chi connectivity index (χ1n) is 8.63. The highest BCUT2D eigenvalue weighted by atomic mass is 19.4. The van der Waals surface area contributed by atoms with Gasteiger partial charge in [-0.2, -0.15) is 31.4 Å². The summed E-state index contributed by atoms with van der Waals surface area (Å²) in [4.78, 5) is 24.7. The van der Waals surface area contributed by atoms with Crippen LogP contribution in [0.4, 0.5) is 32.0 Å². The predicted molar refractivity (Wildman–Crippen MR) is 99.0 cm³/mol. The van der Waals surface area contributed by atoms with E-state index in [1.54, 1.807) is 0 Å². The minimum atomic E-state index is -4.64. The number of hydrogen-bond acceptors (Lipinski definition) is 3. The molecular weight excluding hydrogens is 428 g/mol. The van der Waals surface area contributed by atoms with Crippen molar-refractivity contribution in [1.82, 2.24) is 9.78 Å². The normalized spacial score (nSPS) is 12.0. The average Bonchev–Trinajstić information content (AvgIpc) is 2.67. The number of anilines is 1. The zero-order chi connectivity index (χ0) is 23.0. The van der Waals surface area contributed by atoms with Gasteiger partial charge in [-0.05, 0) is 43.3 Å². The second-order valence-electron chi connectivity index (χ2n) is 6.49. The third-order valence-corrected chi connectivity index (χ3v) is 4.19. The summed E-state index contributed by atoms with van der Waals surface area (Å²) in [7, 11) is 0. The Morgan fingerprint density at radius 3 is 2.10 bits per heavy atom. The fourth-order valence-corrected chi connectivity index (χ4v) is 2.74. The molecule has 0 aliphatic carbocycles. The Hall–Kier alpha value is -3.63. The highest BCUT2D eigenvalue weighted by Gasteiger charge is 2.31. The second kappa shape index (κ2) is 7.89. The molecule has 0 bridgehead atoms. The number of nitrogens with zero attached hydrogens (tertiary/aromatic N) is 2. The zero-order valence-corrected chi connectivity index (χ0v) is 15.7. The molecule has 0 aliphatic rings. The van der Waals surface area contributed by atoms with Crippen molar-refractivity contribution in [2.75, 3.05) is 5.32 Å². The van der Waals surface area contributed by atoms with Gasteiger partial charge in [-0.15, -0.1) is 0 Å². The van der Waals surface area contributed by atoms with Crippen LogP contribution >= 0.6 is 0 Å². The first-order valence-corrected chi connectivity index (χ1v) is 8.63. The molecule has 3 aromatic rings. The summed E-state index contributed by atoms with van der Waals surface area (Å²) >= 11 is 0. The van der Waals surface area contributed by atoms with E-state index in [0.717, 1.165) is 41.1 Å². The number of aromatic nitrogens is 2. The molecule has 0 saturated carbocycles. The van der Waals surface area contributed by atoms with Gasteiger partial charge in [0.25, 0.3) is 5.91 Å². The van der Waals surface area contributed by atoms with Crippen molar-refractivity contribution in [2.45, 2.75) is 19.3 Å². The summed E-state index contributed by atoms with van der Waals surface area (Å²) in [6.07, 6.45) is -9.26. The number of aryl methyl sites for hydroxylation is 1. The van der Waals surface area contributed by atoms with Crippen molar-refractivity contribution in [3.63, 3.8) is 0 Å². The quantitative estimate of drug-likeness (QED) is 0.593. The van der Waals surface area contributed by atoms with Crippen LogP contribution in [0.3, 0.4) is 0 Å². The van der Waals surface area contributed by atoms with Gasteiger partial charge in [0.05, 0.1) is 16.8 Å². The lowest BCUT2D eigenvalue weighted by Gasteiger charge is -2.14. The van der Waals surface area contributed by atoms with E-state index in [1.165, 1.54) is 19.1 Å². The number of amides is 1. The van der Waals surface area contributed by atoms with Gasteiger partial charge in [0, 0.05) is 17.4 Å². The van der Waals surface area contributed by atoms with Crippen LogP contribution in [0.1, 0.15) is 27.3 Å². The van der Waals surface area contributed by atoms with Crippen molar-refractivity contribution >= 4 is 11.6 Å². The summed E-state index contributed by atoms with van der Waals surface area (Å²) in [6, 6.07) is 8.82. The minimum Gasteiger partial charge on any atom is -0.320 e. The number of alkyl halides is 6. The fourth-order valence-electron chi connectivity index (χ4n) is 2.74. The number of rotatable bonds is 3. The SMILES string of the molecule is Cc1cc(=O)c(C(=O)Nc2cccc(C(F)(F)F)c2)nn1-c1cccc(C(F)(F)F)c1. The molecule has 162 valence electrons. The maximum Gasteiger partial charge on any atom is 0.416 e. The van der Waals surface area contributed by atoms with Crippen molar-refractivity contribution in [1.29, 1.82) is 0 Å². The number of nitrogens with one attached hydrogen (secondary N) is 1. The molecule has 11 heteroatoms. The van der Waals surface area contributed by atoms with Gasteiger partial charge in [-0.25, -0.2) is 4.68 Å².